The second-order valence-electron chi connectivity index (χ2n) is 5.48. The maximum absolute atomic E-state index is 12.5. The van der Waals surface area contributed by atoms with Crippen LogP contribution in [0.4, 0.5) is 5.69 Å². The molecule has 0 fully saturated rings. The van der Waals surface area contributed by atoms with Gasteiger partial charge in [-0.15, -0.1) is 5.10 Å². The lowest BCUT2D eigenvalue weighted by atomic mass is 9.89. The Morgan fingerprint density at radius 3 is 3.08 bits per heavy atom. The first-order valence-electron chi connectivity index (χ1n) is 7.69. The third-order valence-electron chi connectivity index (χ3n) is 3.83. The van der Waals surface area contributed by atoms with E-state index >= 15 is 0 Å². The topological polar surface area (TPSA) is 111 Å². The van der Waals surface area contributed by atoms with E-state index in [9.17, 15) is 9.59 Å². The van der Waals surface area contributed by atoms with Gasteiger partial charge in [0.05, 0.1) is 13.0 Å². The first kappa shape index (κ1) is 17.2. The Hall–Kier alpha value is -2.62. The summed E-state index contributed by atoms with van der Waals surface area (Å²) in [5.41, 5.74) is 1.42. The number of anilines is 1. The van der Waals surface area contributed by atoms with Crippen molar-refractivity contribution in [3.8, 4) is 5.75 Å². The molecule has 132 valence electrons. The minimum Gasteiger partial charge on any atom is -0.497 e. The molecule has 1 aliphatic rings. The Balaban J connectivity index is 1.62. The van der Waals surface area contributed by atoms with E-state index in [0.29, 0.717) is 28.9 Å². The molecule has 1 aliphatic heterocycles. The molecule has 25 heavy (non-hydrogen) atoms. The Kier molecular flexibility index (Phi) is 5.17. The van der Waals surface area contributed by atoms with Crippen molar-refractivity contribution in [2.75, 3.05) is 24.7 Å². The fourth-order valence-electron chi connectivity index (χ4n) is 2.58. The fourth-order valence-corrected chi connectivity index (χ4v) is 3.29. The maximum Gasteiger partial charge on any atom is 0.228 e. The van der Waals surface area contributed by atoms with Crippen LogP contribution in [0.5, 0.6) is 5.75 Å². The number of fused-ring (bicyclic) bond motifs is 1. The van der Waals surface area contributed by atoms with Gasteiger partial charge in [-0.05, 0) is 34.2 Å². The molecule has 2 heterocycles. The standard InChI is InChI=1S/C15H18N6O3S/c1-21-15(18-19-20-21)25-6-5-16-14(23)11-8-13(22)17-12-4-3-9(24-2)7-10(11)12/h3-4,7,11H,5-6,8H2,1-2H3,(H,16,23)(H,17,22)/t11-/m0/s1. The zero-order chi connectivity index (χ0) is 17.8. The average Bonchev–Trinajstić information content (AvgIpc) is 3.02. The third kappa shape index (κ3) is 3.90. The van der Waals surface area contributed by atoms with Crippen molar-refractivity contribution >= 4 is 29.3 Å². The second kappa shape index (κ2) is 7.51. The highest BCUT2D eigenvalue weighted by molar-refractivity contribution is 7.99. The number of thioether (sulfide) groups is 1. The van der Waals surface area contributed by atoms with Crippen molar-refractivity contribution in [2.45, 2.75) is 17.5 Å². The number of methoxy groups -OCH3 is 1. The number of tetrazole rings is 1. The summed E-state index contributed by atoms with van der Waals surface area (Å²) in [5.74, 6) is 0.404. The minimum atomic E-state index is -0.527. The predicted molar refractivity (Wildman–Crippen MR) is 91.5 cm³/mol. The lowest BCUT2D eigenvalue weighted by molar-refractivity contribution is -0.126. The van der Waals surface area contributed by atoms with E-state index in [0.717, 1.165) is 5.56 Å². The second-order valence-corrected chi connectivity index (χ2v) is 6.54. The van der Waals surface area contributed by atoms with Gasteiger partial charge in [-0.1, -0.05) is 11.8 Å². The molecule has 0 saturated heterocycles. The van der Waals surface area contributed by atoms with Crippen LogP contribution in [0.15, 0.2) is 23.4 Å². The third-order valence-corrected chi connectivity index (χ3v) is 4.84. The van der Waals surface area contributed by atoms with Gasteiger partial charge in [-0.3, -0.25) is 9.59 Å². The number of benzene rings is 1. The van der Waals surface area contributed by atoms with E-state index in [1.165, 1.54) is 11.8 Å². The number of hydrogen-bond donors (Lipinski definition) is 2. The molecule has 0 bridgehead atoms. The van der Waals surface area contributed by atoms with E-state index in [1.54, 1.807) is 37.0 Å². The largest absolute Gasteiger partial charge is 0.497 e. The van der Waals surface area contributed by atoms with Gasteiger partial charge >= 0.3 is 0 Å². The number of carbonyl (C=O) groups is 2. The highest BCUT2D eigenvalue weighted by atomic mass is 32.2. The molecule has 0 aliphatic carbocycles. The first-order chi connectivity index (χ1) is 12.1. The van der Waals surface area contributed by atoms with E-state index in [4.69, 9.17) is 4.74 Å². The molecule has 1 aromatic heterocycles. The molecule has 1 atom stereocenters. The Bertz CT molecular complexity index is 793. The number of nitrogens with one attached hydrogen (secondary N) is 2. The summed E-state index contributed by atoms with van der Waals surface area (Å²) in [6.07, 6.45) is 0.117. The van der Waals surface area contributed by atoms with Crippen LogP contribution in [-0.4, -0.2) is 51.4 Å². The molecule has 3 rings (SSSR count). The molecule has 0 spiro atoms. The zero-order valence-electron chi connectivity index (χ0n) is 13.9. The quantitative estimate of drug-likeness (QED) is 0.570. The summed E-state index contributed by atoms with van der Waals surface area (Å²) in [7, 11) is 3.32. The lowest BCUT2D eigenvalue weighted by Gasteiger charge is -2.25. The molecule has 0 radical (unpaired) electrons. The number of carbonyl (C=O) groups excluding carboxylic acids is 2. The fraction of sp³-hybridized carbons (Fsp3) is 0.400. The average molecular weight is 362 g/mol. The van der Waals surface area contributed by atoms with Crippen LogP contribution >= 0.6 is 11.8 Å². The van der Waals surface area contributed by atoms with Crippen molar-refractivity contribution in [1.29, 1.82) is 0 Å². The van der Waals surface area contributed by atoms with Gasteiger partial charge in [0.2, 0.25) is 17.0 Å². The van der Waals surface area contributed by atoms with E-state index in [1.807, 2.05) is 0 Å². The summed E-state index contributed by atoms with van der Waals surface area (Å²) in [5, 5.41) is 17.5. The van der Waals surface area contributed by atoms with Crippen LogP contribution in [0.1, 0.15) is 17.9 Å². The number of hydrogen-bond acceptors (Lipinski definition) is 7. The Morgan fingerprint density at radius 2 is 2.36 bits per heavy atom. The number of rotatable bonds is 6. The van der Waals surface area contributed by atoms with Crippen LogP contribution in [0.2, 0.25) is 0 Å². The Morgan fingerprint density at radius 1 is 1.52 bits per heavy atom. The van der Waals surface area contributed by atoms with Crippen molar-refractivity contribution in [1.82, 2.24) is 25.5 Å². The molecule has 10 heteroatoms. The smallest absolute Gasteiger partial charge is 0.228 e. The molecular weight excluding hydrogens is 344 g/mol. The number of ether oxygens (including phenoxy) is 1. The number of aromatic nitrogens is 4. The molecule has 9 nitrogen and oxygen atoms in total. The van der Waals surface area contributed by atoms with Crippen LogP contribution in [0.25, 0.3) is 0 Å². The van der Waals surface area contributed by atoms with Gasteiger partial charge in [0.15, 0.2) is 0 Å². The molecule has 2 amide bonds. The summed E-state index contributed by atoms with van der Waals surface area (Å²) in [6, 6.07) is 5.30. The summed E-state index contributed by atoms with van der Waals surface area (Å²) in [6.45, 7) is 0.452. The molecule has 1 aromatic carbocycles. The number of aryl methyl sites for hydroxylation is 1. The number of nitrogens with zero attached hydrogens (tertiary/aromatic N) is 4. The van der Waals surface area contributed by atoms with Gasteiger partial charge in [-0.25, -0.2) is 4.68 Å². The SMILES string of the molecule is COc1ccc2c(c1)[C@@H](C(=O)NCCSc1nnnn1C)CC(=O)N2. The van der Waals surface area contributed by atoms with Crippen LogP contribution in [0, 0.1) is 0 Å². The van der Waals surface area contributed by atoms with E-state index in [2.05, 4.69) is 26.2 Å². The van der Waals surface area contributed by atoms with Crippen molar-refractivity contribution in [3.05, 3.63) is 23.8 Å². The van der Waals surface area contributed by atoms with Gasteiger partial charge in [0.1, 0.15) is 5.75 Å². The van der Waals surface area contributed by atoms with Crippen molar-refractivity contribution in [2.24, 2.45) is 7.05 Å². The van der Waals surface area contributed by atoms with Gasteiger partial charge in [0.25, 0.3) is 0 Å². The highest BCUT2D eigenvalue weighted by Crippen LogP contribution is 2.35. The monoisotopic (exact) mass is 362 g/mol. The summed E-state index contributed by atoms with van der Waals surface area (Å²) in [4.78, 5) is 24.4. The number of amides is 2. The molecule has 0 saturated carbocycles. The minimum absolute atomic E-state index is 0.117. The van der Waals surface area contributed by atoms with Crippen molar-refractivity contribution in [3.63, 3.8) is 0 Å². The molecule has 2 aromatic rings. The van der Waals surface area contributed by atoms with Crippen LogP contribution in [0.3, 0.4) is 0 Å². The summed E-state index contributed by atoms with van der Waals surface area (Å²) < 4.78 is 6.79. The van der Waals surface area contributed by atoms with Crippen molar-refractivity contribution < 1.29 is 14.3 Å². The summed E-state index contributed by atoms with van der Waals surface area (Å²) >= 11 is 1.45. The van der Waals surface area contributed by atoms with Crippen LogP contribution < -0.4 is 15.4 Å². The van der Waals surface area contributed by atoms with Gasteiger partial charge < -0.3 is 15.4 Å². The van der Waals surface area contributed by atoms with E-state index < -0.39 is 5.92 Å². The maximum atomic E-state index is 12.5. The predicted octanol–water partition coefficient (Wildman–Crippen LogP) is 0.553. The normalized spacial score (nSPS) is 16.1. The molecule has 0 unspecified atom stereocenters. The first-order valence-corrected chi connectivity index (χ1v) is 8.67. The van der Waals surface area contributed by atoms with E-state index in [-0.39, 0.29) is 18.2 Å². The zero-order valence-corrected chi connectivity index (χ0v) is 14.7. The Labute approximate surface area is 148 Å². The lowest BCUT2D eigenvalue weighted by Crippen LogP contribution is -2.36. The van der Waals surface area contributed by atoms with Crippen LogP contribution in [-0.2, 0) is 16.6 Å². The highest BCUT2D eigenvalue weighted by Gasteiger charge is 2.30. The molecule has 2 N–H and O–H groups in total. The van der Waals surface area contributed by atoms with Gasteiger partial charge in [0, 0.05) is 31.5 Å². The van der Waals surface area contributed by atoms with Gasteiger partial charge in [-0.2, -0.15) is 0 Å². The molecular formula is C15H18N6O3S.